The Morgan fingerprint density at radius 1 is 1.18 bits per heavy atom. The zero-order chi connectivity index (χ0) is 19.8. The third-order valence-corrected chi connectivity index (χ3v) is 5.04. The highest BCUT2D eigenvalue weighted by Gasteiger charge is 2.25. The smallest absolute Gasteiger partial charge is 0.297 e. The number of aromatic amines is 1. The van der Waals surface area contributed by atoms with E-state index < -0.39 is 11.6 Å². The highest BCUT2D eigenvalue weighted by molar-refractivity contribution is 5.52. The maximum Gasteiger partial charge on any atom is 0.297 e. The van der Waals surface area contributed by atoms with Gasteiger partial charge in [-0.25, -0.2) is 13.8 Å². The molecule has 4 rings (SSSR count). The summed E-state index contributed by atoms with van der Waals surface area (Å²) in [6.45, 7) is 4.66. The van der Waals surface area contributed by atoms with Crippen molar-refractivity contribution in [2.45, 2.75) is 39.4 Å². The van der Waals surface area contributed by atoms with E-state index in [9.17, 15) is 13.6 Å². The number of aromatic nitrogens is 4. The normalized spacial score (nSPS) is 15.5. The van der Waals surface area contributed by atoms with E-state index in [1.54, 1.807) is 13.8 Å². The van der Waals surface area contributed by atoms with Gasteiger partial charge in [-0.3, -0.25) is 9.89 Å². The Morgan fingerprint density at radius 2 is 1.86 bits per heavy atom. The Kier molecular flexibility index (Phi) is 4.84. The number of aryl methyl sites for hydroxylation is 2. The van der Waals surface area contributed by atoms with Crippen molar-refractivity contribution in [3.05, 3.63) is 57.3 Å². The van der Waals surface area contributed by atoms with Crippen molar-refractivity contribution in [3.8, 4) is 0 Å². The molecule has 1 N–H and O–H groups in total. The van der Waals surface area contributed by atoms with Gasteiger partial charge in [0.05, 0.1) is 18.4 Å². The number of H-pyrrole nitrogens is 1. The highest BCUT2D eigenvalue weighted by Crippen LogP contribution is 2.23. The first kappa shape index (κ1) is 18.5. The van der Waals surface area contributed by atoms with Crippen LogP contribution in [0, 0.1) is 25.5 Å². The summed E-state index contributed by atoms with van der Waals surface area (Å²) in [5.74, 6) is -0.229. The molecule has 7 nitrogen and oxygen atoms in total. The molecule has 1 aliphatic heterocycles. The average molecular weight is 389 g/mol. The lowest BCUT2D eigenvalue weighted by Gasteiger charge is -2.33. The van der Waals surface area contributed by atoms with E-state index in [-0.39, 0.29) is 23.8 Å². The summed E-state index contributed by atoms with van der Waals surface area (Å²) in [7, 11) is 0. The van der Waals surface area contributed by atoms with Crippen molar-refractivity contribution in [2.24, 2.45) is 0 Å². The first-order valence-electron chi connectivity index (χ1n) is 9.19. The van der Waals surface area contributed by atoms with Crippen LogP contribution in [0.1, 0.15) is 29.9 Å². The van der Waals surface area contributed by atoms with Crippen LogP contribution in [-0.4, -0.2) is 38.8 Å². The molecule has 3 aromatic rings. The molecule has 0 aliphatic carbocycles. The van der Waals surface area contributed by atoms with E-state index in [0.717, 1.165) is 0 Å². The minimum absolute atomic E-state index is 0.0525. The Balaban J connectivity index is 1.45. The van der Waals surface area contributed by atoms with Crippen molar-refractivity contribution < 1.29 is 13.5 Å². The van der Waals surface area contributed by atoms with Gasteiger partial charge in [-0.15, -0.1) is 0 Å². The van der Waals surface area contributed by atoms with E-state index in [1.807, 2.05) is 4.90 Å². The van der Waals surface area contributed by atoms with Gasteiger partial charge >= 0.3 is 0 Å². The number of fused-ring (bicyclic) bond motifs is 1. The van der Waals surface area contributed by atoms with Crippen molar-refractivity contribution in [1.29, 1.82) is 0 Å². The van der Waals surface area contributed by atoms with Crippen LogP contribution in [-0.2, 0) is 11.3 Å². The topological polar surface area (TPSA) is 75.5 Å². The van der Waals surface area contributed by atoms with Crippen molar-refractivity contribution >= 4 is 11.5 Å². The standard InChI is InChI=1S/C19H21F2N5O2/c1-11-17(18(27)26-19(22-11)23-12(2)24-26)25-8-6-13(7-9-25)28-10-14-15(20)4-3-5-16(14)21/h3-5,13H,6-10H2,1-2H3,(H,22,23,24). The lowest BCUT2D eigenvalue weighted by Crippen LogP contribution is -2.41. The van der Waals surface area contributed by atoms with Gasteiger partial charge in [-0.05, 0) is 38.8 Å². The first-order chi connectivity index (χ1) is 13.4. The van der Waals surface area contributed by atoms with Crippen molar-refractivity contribution in [3.63, 3.8) is 0 Å². The van der Waals surface area contributed by atoms with Crippen LogP contribution < -0.4 is 10.5 Å². The number of hydrogen-bond donors (Lipinski definition) is 1. The molecule has 0 spiro atoms. The predicted octanol–water partition coefficient (Wildman–Crippen LogP) is 2.50. The number of anilines is 1. The summed E-state index contributed by atoms with van der Waals surface area (Å²) < 4.78 is 34.5. The second kappa shape index (κ2) is 7.31. The van der Waals surface area contributed by atoms with Crippen molar-refractivity contribution in [2.75, 3.05) is 18.0 Å². The number of halogens is 2. The van der Waals surface area contributed by atoms with E-state index in [0.29, 0.717) is 48.9 Å². The lowest BCUT2D eigenvalue weighted by molar-refractivity contribution is 0.0222. The molecule has 1 aromatic carbocycles. The summed E-state index contributed by atoms with van der Waals surface area (Å²) in [6, 6.07) is 3.78. The number of rotatable bonds is 4. The minimum atomic E-state index is -0.602. The molecule has 1 saturated heterocycles. The SMILES string of the molecule is Cc1nc2nc(C)c(N3CCC(OCc4c(F)cccc4F)CC3)c(=O)n2[nH]1. The zero-order valence-corrected chi connectivity index (χ0v) is 15.7. The molecule has 0 atom stereocenters. The molecule has 3 heterocycles. The summed E-state index contributed by atoms with van der Waals surface area (Å²) >= 11 is 0. The lowest BCUT2D eigenvalue weighted by atomic mass is 10.1. The number of hydrogen-bond acceptors (Lipinski definition) is 5. The largest absolute Gasteiger partial charge is 0.373 e. The van der Waals surface area contributed by atoms with Crippen LogP contribution in [0.4, 0.5) is 14.5 Å². The molecule has 0 unspecified atom stereocenters. The maximum absolute atomic E-state index is 13.7. The van der Waals surface area contributed by atoms with Gasteiger partial charge in [0.1, 0.15) is 23.1 Å². The van der Waals surface area contributed by atoms with Crippen LogP contribution in [0.15, 0.2) is 23.0 Å². The Labute approximate surface area is 160 Å². The van der Waals surface area contributed by atoms with Crippen molar-refractivity contribution in [1.82, 2.24) is 19.6 Å². The molecule has 9 heteroatoms. The van der Waals surface area contributed by atoms with Gasteiger partial charge in [0.2, 0.25) is 0 Å². The second-order valence-electron chi connectivity index (χ2n) is 6.99. The molecular formula is C19H21F2N5O2. The minimum Gasteiger partial charge on any atom is -0.373 e. The molecule has 0 saturated carbocycles. The molecule has 0 bridgehead atoms. The van der Waals surface area contributed by atoms with E-state index in [4.69, 9.17) is 4.74 Å². The fraction of sp³-hybridized carbons (Fsp3) is 0.421. The molecule has 0 amide bonds. The second-order valence-corrected chi connectivity index (χ2v) is 6.99. The Morgan fingerprint density at radius 3 is 2.54 bits per heavy atom. The highest BCUT2D eigenvalue weighted by atomic mass is 19.1. The van der Waals surface area contributed by atoms with E-state index in [2.05, 4.69) is 15.1 Å². The van der Waals surface area contributed by atoms with Gasteiger partial charge in [0.25, 0.3) is 11.3 Å². The quantitative estimate of drug-likeness (QED) is 0.742. The van der Waals surface area contributed by atoms with Gasteiger partial charge in [-0.1, -0.05) is 6.07 Å². The molecule has 1 aliphatic rings. The van der Waals surface area contributed by atoms with Gasteiger partial charge < -0.3 is 9.64 Å². The number of nitrogens with zero attached hydrogens (tertiary/aromatic N) is 4. The summed E-state index contributed by atoms with van der Waals surface area (Å²) in [5.41, 5.74) is 0.934. The van der Waals surface area contributed by atoms with E-state index in [1.165, 1.54) is 22.7 Å². The number of ether oxygens (including phenoxy) is 1. The number of nitrogens with one attached hydrogen (secondary N) is 1. The van der Waals surface area contributed by atoms with Crippen LogP contribution in [0.3, 0.4) is 0 Å². The van der Waals surface area contributed by atoms with Crippen LogP contribution in [0.5, 0.6) is 0 Å². The summed E-state index contributed by atoms with van der Waals surface area (Å²) in [4.78, 5) is 23.4. The maximum atomic E-state index is 13.7. The Hall–Kier alpha value is -2.81. The molecule has 148 valence electrons. The fourth-order valence-electron chi connectivity index (χ4n) is 3.60. The predicted molar refractivity (Wildman–Crippen MR) is 99.5 cm³/mol. The molecular weight excluding hydrogens is 368 g/mol. The van der Waals surface area contributed by atoms with Crippen LogP contribution in [0.25, 0.3) is 5.78 Å². The summed E-state index contributed by atoms with van der Waals surface area (Å²) in [5, 5.41) is 2.90. The van der Waals surface area contributed by atoms with Crippen LogP contribution >= 0.6 is 0 Å². The third-order valence-electron chi connectivity index (χ3n) is 5.04. The van der Waals surface area contributed by atoms with Gasteiger partial charge in [0.15, 0.2) is 0 Å². The number of benzene rings is 1. The monoisotopic (exact) mass is 389 g/mol. The number of piperidine rings is 1. The average Bonchev–Trinajstić information content (AvgIpc) is 3.03. The van der Waals surface area contributed by atoms with Gasteiger partial charge in [-0.2, -0.15) is 9.50 Å². The fourth-order valence-corrected chi connectivity index (χ4v) is 3.60. The van der Waals surface area contributed by atoms with Crippen LogP contribution in [0.2, 0.25) is 0 Å². The molecule has 0 radical (unpaired) electrons. The Bertz CT molecular complexity index is 1050. The summed E-state index contributed by atoms with van der Waals surface area (Å²) in [6.07, 6.45) is 1.18. The first-order valence-corrected chi connectivity index (χ1v) is 9.19. The molecule has 1 fully saturated rings. The molecule has 2 aromatic heterocycles. The molecule has 28 heavy (non-hydrogen) atoms. The van der Waals surface area contributed by atoms with E-state index >= 15 is 0 Å². The third kappa shape index (κ3) is 3.37. The zero-order valence-electron chi connectivity index (χ0n) is 15.7. The van der Waals surface area contributed by atoms with Gasteiger partial charge in [0, 0.05) is 18.7 Å².